The molecular formula is C15H20N2O6. The summed E-state index contributed by atoms with van der Waals surface area (Å²) in [6.45, 7) is 6.88. The highest BCUT2D eigenvalue weighted by molar-refractivity contribution is 5.92. The molecule has 0 bridgehead atoms. The fourth-order valence-electron chi connectivity index (χ4n) is 1.73. The van der Waals surface area contributed by atoms with Crippen LogP contribution in [0.3, 0.4) is 0 Å². The summed E-state index contributed by atoms with van der Waals surface area (Å²) < 4.78 is 9.98. The van der Waals surface area contributed by atoms with Crippen molar-refractivity contribution < 1.29 is 24.0 Å². The third-order valence-electron chi connectivity index (χ3n) is 2.54. The van der Waals surface area contributed by atoms with Crippen molar-refractivity contribution in [1.29, 1.82) is 0 Å². The fraction of sp³-hybridized carbons (Fsp3) is 0.467. The lowest BCUT2D eigenvalue weighted by atomic mass is 10.1. The summed E-state index contributed by atoms with van der Waals surface area (Å²) in [5, 5.41) is 13.6. The van der Waals surface area contributed by atoms with Crippen molar-refractivity contribution in [2.24, 2.45) is 0 Å². The summed E-state index contributed by atoms with van der Waals surface area (Å²) in [6.07, 6.45) is 0. The van der Waals surface area contributed by atoms with E-state index in [9.17, 15) is 19.7 Å². The summed E-state index contributed by atoms with van der Waals surface area (Å²) in [5.74, 6) is -1.20. The number of nitro groups is 1. The third-order valence-corrected chi connectivity index (χ3v) is 2.54. The lowest BCUT2D eigenvalue weighted by molar-refractivity contribution is -0.385. The first-order chi connectivity index (χ1) is 10.6. The van der Waals surface area contributed by atoms with E-state index in [1.165, 1.54) is 12.1 Å². The van der Waals surface area contributed by atoms with Gasteiger partial charge in [-0.1, -0.05) is 0 Å². The molecule has 1 N–H and O–H groups in total. The molecule has 0 aromatic heterocycles. The Morgan fingerprint density at radius 1 is 1.30 bits per heavy atom. The predicted octanol–water partition coefficient (Wildman–Crippen LogP) is 2.06. The highest BCUT2D eigenvalue weighted by Crippen LogP contribution is 2.28. The van der Waals surface area contributed by atoms with Crippen molar-refractivity contribution in [3.63, 3.8) is 0 Å². The van der Waals surface area contributed by atoms with Crippen molar-refractivity contribution in [2.75, 3.05) is 13.2 Å². The van der Waals surface area contributed by atoms with E-state index in [0.29, 0.717) is 0 Å². The number of esters is 1. The van der Waals surface area contributed by atoms with E-state index < -0.39 is 28.9 Å². The van der Waals surface area contributed by atoms with E-state index in [1.54, 1.807) is 27.7 Å². The first-order valence-corrected chi connectivity index (χ1v) is 7.03. The Labute approximate surface area is 133 Å². The van der Waals surface area contributed by atoms with E-state index in [1.807, 2.05) is 0 Å². The molecule has 0 heterocycles. The van der Waals surface area contributed by atoms with Gasteiger partial charge in [0.1, 0.15) is 0 Å². The maximum atomic E-state index is 11.9. The van der Waals surface area contributed by atoms with Crippen LogP contribution < -0.4 is 10.1 Å². The highest BCUT2D eigenvalue weighted by atomic mass is 16.6. The maximum absolute atomic E-state index is 11.9. The average Bonchev–Trinajstić information content (AvgIpc) is 2.43. The van der Waals surface area contributed by atoms with Gasteiger partial charge in [-0.15, -0.1) is 0 Å². The number of nitrogens with zero attached hydrogens (tertiary/aromatic N) is 1. The minimum Gasteiger partial charge on any atom is -0.487 e. The smallest absolute Gasteiger partial charge is 0.338 e. The number of carbonyl (C=O) groups is 2. The Morgan fingerprint density at radius 3 is 2.48 bits per heavy atom. The molecule has 1 amide bonds. The summed E-state index contributed by atoms with van der Waals surface area (Å²) in [5.41, 5.74) is -0.800. The zero-order chi connectivity index (χ0) is 17.6. The Morgan fingerprint density at radius 2 is 1.96 bits per heavy atom. The van der Waals surface area contributed by atoms with Crippen LogP contribution in [0.15, 0.2) is 18.2 Å². The topological polar surface area (TPSA) is 108 Å². The molecule has 0 fully saturated rings. The van der Waals surface area contributed by atoms with Crippen molar-refractivity contribution in [2.45, 2.75) is 33.2 Å². The molecule has 8 heteroatoms. The highest BCUT2D eigenvalue weighted by Gasteiger charge is 2.20. The molecule has 0 atom stereocenters. The molecule has 0 aliphatic rings. The molecule has 0 radical (unpaired) electrons. The van der Waals surface area contributed by atoms with Gasteiger partial charge in [0.25, 0.3) is 5.91 Å². The molecule has 0 spiro atoms. The summed E-state index contributed by atoms with van der Waals surface area (Å²) in [7, 11) is 0. The molecule has 126 valence electrons. The van der Waals surface area contributed by atoms with Gasteiger partial charge in [-0.3, -0.25) is 14.9 Å². The molecule has 1 rings (SSSR count). The number of carbonyl (C=O) groups excluding carboxylic acids is 2. The van der Waals surface area contributed by atoms with E-state index in [-0.39, 0.29) is 23.6 Å². The summed E-state index contributed by atoms with van der Waals surface area (Å²) >= 11 is 0. The molecule has 0 aliphatic carbocycles. The minimum atomic E-state index is -0.819. The van der Waals surface area contributed by atoms with Crippen LogP contribution in [0, 0.1) is 10.1 Å². The van der Waals surface area contributed by atoms with Crippen LogP contribution in [0.4, 0.5) is 5.69 Å². The van der Waals surface area contributed by atoms with Gasteiger partial charge in [-0.05, 0) is 39.8 Å². The van der Waals surface area contributed by atoms with Crippen LogP contribution in [0.1, 0.15) is 38.1 Å². The second-order valence-corrected chi connectivity index (χ2v) is 5.75. The maximum Gasteiger partial charge on any atom is 0.338 e. The average molecular weight is 324 g/mol. The van der Waals surface area contributed by atoms with Crippen LogP contribution in [0.2, 0.25) is 0 Å². The van der Waals surface area contributed by atoms with E-state index in [2.05, 4.69) is 5.32 Å². The Hall–Kier alpha value is -2.64. The van der Waals surface area contributed by atoms with Gasteiger partial charge >= 0.3 is 11.7 Å². The van der Waals surface area contributed by atoms with Gasteiger partial charge in [-0.25, -0.2) is 4.79 Å². The summed E-state index contributed by atoms with van der Waals surface area (Å²) in [4.78, 5) is 33.8. The van der Waals surface area contributed by atoms with Crippen molar-refractivity contribution in [3.8, 4) is 5.75 Å². The van der Waals surface area contributed by atoms with Crippen molar-refractivity contribution in [1.82, 2.24) is 5.32 Å². The van der Waals surface area contributed by atoms with Crippen LogP contribution >= 0.6 is 0 Å². The molecule has 1 aromatic rings. The second kappa shape index (κ2) is 7.57. The van der Waals surface area contributed by atoms with Crippen molar-refractivity contribution >= 4 is 17.6 Å². The van der Waals surface area contributed by atoms with Gasteiger partial charge in [0.15, 0.2) is 12.4 Å². The standard InChI is InChI=1S/C15H20N2O6/c1-5-22-12-7-6-10(8-11(12)17(20)21)14(19)23-9-13(18)16-15(2,3)4/h6-8H,5,9H2,1-4H3,(H,16,18). The van der Waals surface area contributed by atoms with E-state index in [0.717, 1.165) is 6.07 Å². The SMILES string of the molecule is CCOc1ccc(C(=O)OCC(=O)NC(C)(C)C)cc1[N+](=O)[O-]. The molecule has 0 saturated carbocycles. The molecule has 8 nitrogen and oxygen atoms in total. The molecule has 23 heavy (non-hydrogen) atoms. The van der Waals surface area contributed by atoms with Gasteiger partial charge in [0.2, 0.25) is 0 Å². The largest absolute Gasteiger partial charge is 0.487 e. The predicted molar refractivity (Wildman–Crippen MR) is 82.4 cm³/mol. The molecule has 1 aromatic carbocycles. The first kappa shape index (κ1) is 18.4. The number of hydrogen-bond acceptors (Lipinski definition) is 6. The lowest BCUT2D eigenvalue weighted by Gasteiger charge is -2.20. The third kappa shape index (κ3) is 5.93. The molecule has 0 saturated heterocycles. The summed E-state index contributed by atoms with van der Waals surface area (Å²) in [6, 6.07) is 3.74. The van der Waals surface area contributed by atoms with E-state index in [4.69, 9.17) is 9.47 Å². The zero-order valence-electron chi connectivity index (χ0n) is 13.5. The van der Waals surface area contributed by atoms with Crippen LogP contribution in [-0.2, 0) is 9.53 Å². The monoisotopic (exact) mass is 324 g/mol. The van der Waals surface area contributed by atoms with Crippen molar-refractivity contribution in [3.05, 3.63) is 33.9 Å². The van der Waals surface area contributed by atoms with Gasteiger partial charge in [0.05, 0.1) is 17.1 Å². The number of rotatable bonds is 6. The number of nitro benzene ring substituents is 1. The fourth-order valence-corrected chi connectivity index (χ4v) is 1.73. The van der Waals surface area contributed by atoms with Crippen LogP contribution in [-0.4, -0.2) is 35.6 Å². The quantitative estimate of drug-likeness (QED) is 0.487. The number of ether oxygens (including phenoxy) is 2. The Bertz CT molecular complexity index is 606. The Balaban J connectivity index is 2.79. The Kier molecular flexibility index (Phi) is 6.06. The van der Waals surface area contributed by atoms with Crippen LogP contribution in [0.25, 0.3) is 0 Å². The van der Waals surface area contributed by atoms with Crippen LogP contribution in [0.5, 0.6) is 5.75 Å². The zero-order valence-corrected chi connectivity index (χ0v) is 13.5. The molecule has 0 unspecified atom stereocenters. The number of benzene rings is 1. The number of amides is 1. The van der Waals surface area contributed by atoms with Gasteiger partial charge in [0, 0.05) is 11.6 Å². The van der Waals surface area contributed by atoms with Gasteiger partial charge < -0.3 is 14.8 Å². The minimum absolute atomic E-state index is 0.0243. The first-order valence-electron chi connectivity index (χ1n) is 7.03. The molecule has 0 aliphatic heterocycles. The lowest BCUT2D eigenvalue weighted by Crippen LogP contribution is -2.42. The normalized spacial score (nSPS) is 10.8. The molecular weight excluding hydrogens is 304 g/mol. The number of nitrogens with one attached hydrogen (secondary N) is 1. The van der Waals surface area contributed by atoms with E-state index >= 15 is 0 Å². The number of hydrogen-bond donors (Lipinski definition) is 1. The second-order valence-electron chi connectivity index (χ2n) is 5.75. The van der Waals surface area contributed by atoms with Gasteiger partial charge in [-0.2, -0.15) is 0 Å².